The van der Waals surface area contributed by atoms with Gasteiger partial charge in [0.2, 0.25) is 0 Å². The maximum Gasteiger partial charge on any atom is 0.164 e. The molecule has 1 aliphatic carbocycles. The van der Waals surface area contributed by atoms with Crippen LogP contribution >= 0.6 is 0 Å². The van der Waals surface area contributed by atoms with Gasteiger partial charge in [-0.1, -0.05) is 166 Å². The van der Waals surface area contributed by atoms with Crippen LogP contribution in [0.15, 0.2) is 199 Å². The Morgan fingerprint density at radius 1 is 0.424 bits per heavy atom. The van der Waals surface area contributed by atoms with E-state index in [1.54, 1.807) is 0 Å². The van der Waals surface area contributed by atoms with Crippen LogP contribution in [0.2, 0.25) is 0 Å². The van der Waals surface area contributed by atoms with Crippen molar-refractivity contribution >= 4 is 39.0 Å². The lowest BCUT2D eigenvalue weighted by atomic mass is 9.82. The van der Waals surface area contributed by atoms with Crippen molar-refractivity contribution in [3.63, 3.8) is 0 Å². The quantitative estimate of drug-likeness (QED) is 0.162. The molecule has 10 aromatic rings. The third-order valence-corrected chi connectivity index (χ3v) is 11.7. The number of fused-ring (bicyclic) bond motifs is 6. The Hall–Kier alpha value is -7.63. The molecule has 2 aromatic heterocycles. The van der Waals surface area contributed by atoms with Gasteiger partial charge in [-0.2, -0.15) is 0 Å². The standard InChI is InChI=1S/C54H38N4O/c1-54(2)44-27-13-12-25-41(44)50-45(54)28-16-29-46(50)58(39-24-14-23-38(33-39)35-17-6-3-7-18-35)40-31-32-42-48(34-40)59-47-30-15-26-43(49(42)47)53-56-51(36-19-8-4-9-20-36)55-52(57-53)37-21-10-5-11-22-37/h3-34H,1-2H3. The zero-order chi connectivity index (χ0) is 39.5. The molecule has 0 saturated carbocycles. The van der Waals surface area contributed by atoms with Gasteiger partial charge < -0.3 is 9.32 Å². The van der Waals surface area contributed by atoms with Gasteiger partial charge >= 0.3 is 0 Å². The molecular weight excluding hydrogens is 721 g/mol. The Balaban J connectivity index is 1.11. The van der Waals surface area contributed by atoms with Gasteiger partial charge in [0.05, 0.1) is 5.69 Å². The van der Waals surface area contributed by atoms with Gasteiger partial charge in [0, 0.05) is 55.9 Å². The van der Waals surface area contributed by atoms with Crippen LogP contribution in [-0.4, -0.2) is 15.0 Å². The number of furan rings is 1. The average molecular weight is 759 g/mol. The number of hydrogen-bond donors (Lipinski definition) is 0. The van der Waals surface area contributed by atoms with Crippen LogP contribution in [0.1, 0.15) is 25.0 Å². The van der Waals surface area contributed by atoms with E-state index in [2.05, 4.69) is 140 Å². The van der Waals surface area contributed by atoms with E-state index < -0.39 is 0 Å². The Morgan fingerprint density at radius 3 is 1.71 bits per heavy atom. The molecule has 5 nitrogen and oxygen atoms in total. The fourth-order valence-electron chi connectivity index (χ4n) is 8.87. The fraction of sp³-hybridized carbons (Fsp3) is 0.0556. The third kappa shape index (κ3) is 5.81. The first-order valence-corrected chi connectivity index (χ1v) is 20.0. The number of benzene rings is 8. The van der Waals surface area contributed by atoms with E-state index >= 15 is 0 Å². The Kier molecular flexibility index (Phi) is 8.09. The van der Waals surface area contributed by atoms with Crippen molar-refractivity contribution in [1.82, 2.24) is 15.0 Å². The minimum Gasteiger partial charge on any atom is -0.456 e. The van der Waals surface area contributed by atoms with Crippen LogP contribution in [-0.2, 0) is 5.41 Å². The number of hydrogen-bond acceptors (Lipinski definition) is 5. The van der Waals surface area contributed by atoms with Gasteiger partial charge in [0.15, 0.2) is 17.5 Å². The van der Waals surface area contributed by atoms with E-state index in [1.165, 1.54) is 27.8 Å². The van der Waals surface area contributed by atoms with Crippen LogP contribution in [0, 0.1) is 0 Å². The van der Waals surface area contributed by atoms with Gasteiger partial charge in [-0.3, -0.25) is 0 Å². The second kappa shape index (κ2) is 13.8. The molecule has 2 heterocycles. The Bertz CT molecular complexity index is 3130. The zero-order valence-corrected chi connectivity index (χ0v) is 32.7. The normalized spacial score (nSPS) is 12.7. The first-order chi connectivity index (χ1) is 29.0. The molecule has 0 spiro atoms. The maximum atomic E-state index is 6.78. The van der Waals surface area contributed by atoms with E-state index in [4.69, 9.17) is 19.4 Å². The van der Waals surface area contributed by atoms with Crippen molar-refractivity contribution in [3.8, 4) is 56.4 Å². The lowest BCUT2D eigenvalue weighted by Crippen LogP contribution is -2.16. The lowest BCUT2D eigenvalue weighted by molar-refractivity contribution is 0.660. The first kappa shape index (κ1) is 34.6. The van der Waals surface area contributed by atoms with Crippen molar-refractivity contribution in [3.05, 3.63) is 205 Å². The lowest BCUT2D eigenvalue weighted by Gasteiger charge is -2.29. The van der Waals surface area contributed by atoms with Crippen molar-refractivity contribution in [2.45, 2.75) is 19.3 Å². The molecule has 0 atom stereocenters. The number of anilines is 3. The van der Waals surface area contributed by atoms with Crippen LogP contribution in [0.5, 0.6) is 0 Å². The molecule has 8 aromatic carbocycles. The first-order valence-electron chi connectivity index (χ1n) is 20.0. The smallest absolute Gasteiger partial charge is 0.164 e. The second-order valence-electron chi connectivity index (χ2n) is 15.6. The highest BCUT2D eigenvalue weighted by molar-refractivity contribution is 6.13. The van der Waals surface area contributed by atoms with Crippen molar-refractivity contribution in [2.24, 2.45) is 0 Å². The van der Waals surface area contributed by atoms with E-state index in [0.717, 1.165) is 61.3 Å². The molecule has 0 saturated heterocycles. The van der Waals surface area contributed by atoms with Crippen molar-refractivity contribution in [1.29, 1.82) is 0 Å². The highest BCUT2D eigenvalue weighted by atomic mass is 16.3. The fourth-order valence-corrected chi connectivity index (χ4v) is 8.87. The van der Waals surface area contributed by atoms with Gasteiger partial charge in [0.1, 0.15) is 11.2 Å². The summed E-state index contributed by atoms with van der Waals surface area (Å²) in [6.45, 7) is 4.66. The largest absolute Gasteiger partial charge is 0.456 e. The minimum absolute atomic E-state index is 0.144. The van der Waals surface area contributed by atoms with Gasteiger partial charge in [-0.25, -0.2) is 15.0 Å². The molecule has 0 N–H and O–H groups in total. The van der Waals surface area contributed by atoms with E-state index in [0.29, 0.717) is 17.5 Å². The Labute approximate surface area is 342 Å². The predicted molar refractivity (Wildman–Crippen MR) is 241 cm³/mol. The Morgan fingerprint density at radius 2 is 0.983 bits per heavy atom. The van der Waals surface area contributed by atoms with Crippen LogP contribution < -0.4 is 4.90 Å². The zero-order valence-electron chi connectivity index (χ0n) is 32.7. The molecule has 0 amide bonds. The van der Waals surface area contributed by atoms with Crippen LogP contribution in [0.4, 0.5) is 17.1 Å². The summed E-state index contributed by atoms with van der Waals surface area (Å²) in [7, 11) is 0. The van der Waals surface area contributed by atoms with Crippen LogP contribution in [0.25, 0.3) is 78.4 Å². The van der Waals surface area contributed by atoms with Gasteiger partial charge in [-0.05, 0) is 64.2 Å². The summed E-state index contributed by atoms with van der Waals surface area (Å²) in [6.07, 6.45) is 0. The third-order valence-electron chi connectivity index (χ3n) is 11.7. The predicted octanol–water partition coefficient (Wildman–Crippen LogP) is 14.2. The maximum absolute atomic E-state index is 6.78. The molecule has 0 bridgehead atoms. The summed E-state index contributed by atoms with van der Waals surface area (Å²) >= 11 is 0. The average Bonchev–Trinajstić information content (AvgIpc) is 3.79. The highest BCUT2D eigenvalue weighted by Crippen LogP contribution is 2.54. The van der Waals surface area contributed by atoms with E-state index in [1.807, 2.05) is 72.8 Å². The number of aromatic nitrogens is 3. The SMILES string of the molecule is CC1(C)c2ccccc2-c2c(N(c3cccc(-c4ccccc4)c3)c3ccc4c(c3)oc3cccc(-c5nc(-c6ccccc6)nc(-c6ccccc6)n5)c34)cccc21. The molecular formula is C54H38N4O. The number of rotatable bonds is 7. The van der Waals surface area contributed by atoms with Crippen LogP contribution in [0.3, 0.4) is 0 Å². The molecule has 0 fully saturated rings. The van der Waals surface area contributed by atoms with Crippen molar-refractivity contribution < 1.29 is 4.42 Å². The summed E-state index contributed by atoms with van der Waals surface area (Å²) < 4.78 is 6.78. The summed E-state index contributed by atoms with van der Waals surface area (Å²) in [5.74, 6) is 1.83. The summed E-state index contributed by atoms with van der Waals surface area (Å²) in [6, 6.07) is 67.9. The van der Waals surface area contributed by atoms with E-state index in [9.17, 15) is 0 Å². The molecule has 0 aliphatic heterocycles. The molecule has 59 heavy (non-hydrogen) atoms. The van der Waals surface area contributed by atoms with Gasteiger partial charge in [0.25, 0.3) is 0 Å². The summed E-state index contributed by atoms with van der Waals surface area (Å²) in [5.41, 5.74) is 14.8. The summed E-state index contributed by atoms with van der Waals surface area (Å²) in [4.78, 5) is 17.5. The monoisotopic (exact) mass is 758 g/mol. The molecule has 280 valence electrons. The topological polar surface area (TPSA) is 55.1 Å². The molecule has 0 radical (unpaired) electrons. The molecule has 1 aliphatic rings. The molecule has 5 heteroatoms. The summed E-state index contributed by atoms with van der Waals surface area (Å²) in [5, 5.41) is 1.96. The minimum atomic E-state index is -0.144. The highest BCUT2D eigenvalue weighted by Gasteiger charge is 2.37. The van der Waals surface area contributed by atoms with E-state index in [-0.39, 0.29) is 5.41 Å². The molecule has 0 unspecified atom stereocenters. The second-order valence-corrected chi connectivity index (χ2v) is 15.6. The number of nitrogens with zero attached hydrogens (tertiary/aromatic N) is 4. The molecule has 11 rings (SSSR count). The van der Waals surface area contributed by atoms with Gasteiger partial charge in [-0.15, -0.1) is 0 Å². The van der Waals surface area contributed by atoms with Crippen molar-refractivity contribution in [2.75, 3.05) is 4.90 Å².